The lowest BCUT2D eigenvalue weighted by atomic mass is 10.1. The largest absolute Gasteiger partial charge is 0.494 e. The van der Waals surface area contributed by atoms with E-state index in [9.17, 15) is 4.79 Å². The van der Waals surface area contributed by atoms with E-state index in [2.05, 4.69) is 48.1 Å². The van der Waals surface area contributed by atoms with E-state index in [-0.39, 0.29) is 5.91 Å². The van der Waals surface area contributed by atoms with E-state index in [1.807, 2.05) is 69.4 Å². The monoisotopic (exact) mass is 500 g/mol. The summed E-state index contributed by atoms with van der Waals surface area (Å²) in [5.74, 6) is 0.901. The third kappa shape index (κ3) is 5.87. The minimum absolute atomic E-state index is 0.298. The van der Waals surface area contributed by atoms with Crippen LogP contribution in [0.4, 0.5) is 22.9 Å². The van der Waals surface area contributed by atoms with Gasteiger partial charge in [0.05, 0.1) is 41.6 Å². The van der Waals surface area contributed by atoms with Crippen LogP contribution in [0.3, 0.4) is 0 Å². The normalized spacial score (nSPS) is 11.0. The molecule has 1 amide bonds. The van der Waals surface area contributed by atoms with Crippen molar-refractivity contribution in [2.45, 2.75) is 0 Å². The summed E-state index contributed by atoms with van der Waals surface area (Å²) in [5.41, 5.74) is 4.88. The first-order valence-corrected chi connectivity index (χ1v) is 11.8. The number of carbonyl (C=O) groups is 1. The third-order valence-electron chi connectivity index (χ3n) is 6.03. The van der Waals surface area contributed by atoms with Gasteiger partial charge in [0.25, 0.3) is 0 Å². The topological polar surface area (TPSA) is 100 Å². The first-order valence-electron chi connectivity index (χ1n) is 11.8. The number of fused-ring (bicyclic) bond motifs is 1. The van der Waals surface area contributed by atoms with Crippen LogP contribution in [-0.2, 0) is 11.8 Å². The number of benzene rings is 2. The zero-order valence-corrected chi connectivity index (χ0v) is 21.8. The molecule has 0 atom stereocenters. The quantitative estimate of drug-likeness (QED) is 0.316. The smallest absolute Gasteiger partial charge is 0.247 e. The van der Waals surface area contributed by atoms with Crippen molar-refractivity contribution in [3.8, 4) is 17.0 Å². The molecule has 2 N–H and O–H groups in total. The molecule has 0 saturated carbocycles. The second-order valence-corrected chi connectivity index (χ2v) is 8.94. The van der Waals surface area contributed by atoms with Gasteiger partial charge in [0.2, 0.25) is 5.91 Å². The summed E-state index contributed by atoms with van der Waals surface area (Å²) in [7, 11) is 9.55. The summed E-state index contributed by atoms with van der Waals surface area (Å²) in [5, 5.41) is 11.6. The molecule has 4 aromatic rings. The van der Waals surface area contributed by atoms with E-state index < -0.39 is 0 Å². The lowest BCUT2D eigenvalue weighted by Gasteiger charge is -2.26. The summed E-state index contributed by atoms with van der Waals surface area (Å²) < 4.78 is 7.54. The third-order valence-corrected chi connectivity index (χ3v) is 6.03. The van der Waals surface area contributed by atoms with Crippen molar-refractivity contribution in [3.63, 3.8) is 0 Å². The van der Waals surface area contributed by atoms with Crippen LogP contribution < -0.4 is 20.3 Å². The predicted octanol–water partition coefficient (Wildman–Crippen LogP) is 3.90. The van der Waals surface area contributed by atoms with E-state index in [1.54, 1.807) is 7.11 Å². The van der Waals surface area contributed by atoms with E-state index in [1.165, 1.54) is 12.4 Å². The van der Waals surface area contributed by atoms with Crippen molar-refractivity contribution in [3.05, 3.63) is 61.6 Å². The second-order valence-electron chi connectivity index (χ2n) is 8.94. The van der Waals surface area contributed by atoms with Gasteiger partial charge in [-0.05, 0) is 38.4 Å². The molecule has 10 heteroatoms. The maximum atomic E-state index is 12.2. The number of nitrogens with zero attached hydrogens (tertiary/aromatic N) is 6. The maximum absolute atomic E-state index is 12.2. The van der Waals surface area contributed by atoms with Crippen LogP contribution in [0, 0.1) is 0 Å². The van der Waals surface area contributed by atoms with Crippen molar-refractivity contribution in [2.75, 3.05) is 56.9 Å². The zero-order valence-electron chi connectivity index (χ0n) is 21.8. The van der Waals surface area contributed by atoms with Gasteiger partial charge in [-0.3, -0.25) is 9.48 Å². The molecule has 0 saturated heterocycles. The summed E-state index contributed by atoms with van der Waals surface area (Å²) in [6.45, 7) is 5.19. The summed E-state index contributed by atoms with van der Waals surface area (Å²) >= 11 is 0. The Morgan fingerprint density at radius 1 is 1.11 bits per heavy atom. The van der Waals surface area contributed by atoms with Crippen molar-refractivity contribution >= 4 is 39.7 Å². The average Bonchev–Trinajstić information content (AvgIpc) is 3.27. The number of aromatic nitrogens is 4. The highest BCUT2D eigenvalue weighted by Crippen LogP contribution is 2.38. The van der Waals surface area contributed by atoms with Gasteiger partial charge < -0.3 is 25.2 Å². The molecule has 0 radical (unpaired) electrons. The number of methoxy groups -OCH3 is 1. The molecular formula is C27H32N8O2. The van der Waals surface area contributed by atoms with E-state index in [0.29, 0.717) is 22.9 Å². The fraction of sp³-hybridized carbons (Fsp3) is 0.259. The van der Waals surface area contributed by atoms with Gasteiger partial charge in [-0.2, -0.15) is 5.10 Å². The first-order chi connectivity index (χ1) is 17.8. The predicted molar refractivity (Wildman–Crippen MR) is 149 cm³/mol. The molecule has 10 nitrogen and oxygen atoms in total. The number of hydrogen-bond donors (Lipinski definition) is 2. The molecule has 0 spiro atoms. The van der Waals surface area contributed by atoms with Crippen LogP contribution in [0.2, 0.25) is 0 Å². The molecule has 0 aliphatic rings. The number of ether oxygens (including phenoxy) is 1. The number of aryl methyl sites for hydroxylation is 1. The number of likely N-dealkylation sites (N-methyl/N-ethyl adjacent to an activating group) is 2. The summed E-state index contributed by atoms with van der Waals surface area (Å²) in [4.78, 5) is 25.2. The van der Waals surface area contributed by atoms with E-state index in [0.717, 1.165) is 40.9 Å². The Morgan fingerprint density at radius 3 is 2.65 bits per heavy atom. The van der Waals surface area contributed by atoms with Gasteiger partial charge in [-0.15, -0.1) is 0 Å². The Hall–Kier alpha value is -4.44. The lowest BCUT2D eigenvalue weighted by molar-refractivity contribution is -0.111. The van der Waals surface area contributed by atoms with Gasteiger partial charge in [0, 0.05) is 50.3 Å². The fourth-order valence-corrected chi connectivity index (χ4v) is 3.95. The van der Waals surface area contributed by atoms with Crippen LogP contribution >= 0.6 is 0 Å². The Bertz CT molecular complexity index is 1430. The molecule has 2 heterocycles. The number of amides is 1. The molecule has 0 aliphatic heterocycles. The Labute approximate surface area is 216 Å². The van der Waals surface area contributed by atoms with Crippen LogP contribution in [0.15, 0.2) is 61.6 Å². The van der Waals surface area contributed by atoms with Gasteiger partial charge in [-0.1, -0.05) is 12.6 Å². The second kappa shape index (κ2) is 11.1. The van der Waals surface area contributed by atoms with Crippen LogP contribution in [0.25, 0.3) is 22.2 Å². The van der Waals surface area contributed by atoms with Gasteiger partial charge in [0.1, 0.15) is 17.9 Å². The molecule has 4 rings (SSSR count). The van der Waals surface area contributed by atoms with Crippen molar-refractivity contribution < 1.29 is 9.53 Å². The van der Waals surface area contributed by atoms with Gasteiger partial charge in [0.15, 0.2) is 0 Å². The Balaban J connectivity index is 1.67. The minimum atomic E-state index is -0.298. The number of anilines is 4. The fourth-order valence-electron chi connectivity index (χ4n) is 3.95. The first kappa shape index (κ1) is 25.6. The number of hydrogen-bond acceptors (Lipinski definition) is 8. The molecular weight excluding hydrogens is 468 g/mol. The standard InChI is InChI=1S/C27H32N8O2/c1-7-27(36)32-21-13-22(25(37-6)15-24(21)34(4)11-10-33(2)3)31-26-14-20(28-17-29-26)18-8-9-23-19(12-18)16-30-35(23)5/h7-9,12-17H,1,10-11H2,2-6H3,(H,32,36)(H,28,29,31). The molecule has 0 unspecified atom stereocenters. The molecule has 37 heavy (non-hydrogen) atoms. The molecule has 2 aromatic heterocycles. The van der Waals surface area contributed by atoms with E-state index in [4.69, 9.17) is 4.74 Å². The summed E-state index contributed by atoms with van der Waals surface area (Å²) in [6.07, 6.45) is 4.60. The van der Waals surface area contributed by atoms with Crippen molar-refractivity contribution in [1.29, 1.82) is 0 Å². The van der Waals surface area contributed by atoms with Crippen molar-refractivity contribution in [2.24, 2.45) is 7.05 Å². The van der Waals surface area contributed by atoms with Crippen LogP contribution in [0.5, 0.6) is 5.75 Å². The highest BCUT2D eigenvalue weighted by atomic mass is 16.5. The van der Waals surface area contributed by atoms with Crippen molar-refractivity contribution in [1.82, 2.24) is 24.6 Å². The van der Waals surface area contributed by atoms with Gasteiger partial charge >= 0.3 is 0 Å². The Morgan fingerprint density at radius 2 is 1.92 bits per heavy atom. The van der Waals surface area contributed by atoms with Crippen LogP contribution in [-0.4, -0.2) is 71.9 Å². The van der Waals surface area contributed by atoms with E-state index >= 15 is 0 Å². The minimum Gasteiger partial charge on any atom is -0.494 e. The highest BCUT2D eigenvalue weighted by Gasteiger charge is 2.16. The number of rotatable bonds is 10. The lowest BCUT2D eigenvalue weighted by Crippen LogP contribution is -2.29. The molecule has 192 valence electrons. The number of nitrogens with one attached hydrogen (secondary N) is 2. The van der Waals surface area contributed by atoms with Gasteiger partial charge in [-0.25, -0.2) is 9.97 Å². The molecule has 0 fully saturated rings. The van der Waals surface area contributed by atoms with Crippen LogP contribution in [0.1, 0.15) is 0 Å². The Kier molecular flexibility index (Phi) is 7.69. The average molecular weight is 501 g/mol. The molecule has 2 aromatic carbocycles. The maximum Gasteiger partial charge on any atom is 0.247 e. The number of carbonyl (C=O) groups excluding carboxylic acids is 1. The SMILES string of the molecule is C=CC(=O)Nc1cc(Nc2cc(-c3ccc4c(cnn4C)c3)ncn2)c(OC)cc1N(C)CCN(C)C. The zero-order chi connectivity index (χ0) is 26.5. The molecule has 0 aliphatic carbocycles. The molecule has 0 bridgehead atoms. The highest BCUT2D eigenvalue weighted by molar-refractivity contribution is 6.02. The summed E-state index contributed by atoms with van der Waals surface area (Å²) in [6, 6.07) is 11.7.